The van der Waals surface area contributed by atoms with Gasteiger partial charge in [0, 0.05) is 26.3 Å². The molecule has 1 aromatic heterocycles. The van der Waals surface area contributed by atoms with Crippen LogP contribution in [0.4, 0.5) is 0 Å². The van der Waals surface area contributed by atoms with E-state index < -0.39 is 48.5 Å². The molecule has 0 unspecified atom stereocenters. The summed E-state index contributed by atoms with van der Waals surface area (Å²) in [5, 5.41) is 4.63. The fraction of sp³-hybridized carbons (Fsp3) is 0.345. The molecule has 12 nitrogen and oxygen atoms in total. The van der Waals surface area contributed by atoms with Crippen molar-refractivity contribution in [1.82, 2.24) is 9.78 Å². The molecule has 1 fully saturated rings. The molecule has 0 radical (unpaired) electrons. The van der Waals surface area contributed by atoms with Gasteiger partial charge >= 0.3 is 23.9 Å². The van der Waals surface area contributed by atoms with Crippen molar-refractivity contribution in [2.45, 2.75) is 51.9 Å². The summed E-state index contributed by atoms with van der Waals surface area (Å²) >= 11 is 0. The molecule has 0 spiro atoms. The monoisotopic (exact) mass is 566 g/mol. The summed E-state index contributed by atoms with van der Waals surface area (Å²) in [6.45, 7) is 3.43. The second-order valence-corrected chi connectivity index (χ2v) is 9.19. The van der Waals surface area contributed by atoms with Crippen LogP contribution in [0.3, 0.4) is 0 Å². The number of methoxy groups -OCH3 is 1. The first kappa shape index (κ1) is 29.3. The Balaban J connectivity index is 1.65. The van der Waals surface area contributed by atoms with E-state index in [9.17, 15) is 19.2 Å². The first-order chi connectivity index (χ1) is 19.6. The smallest absolute Gasteiger partial charge is 0.359 e. The Kier molecular flexibility index (Phi) is 9.35. The summed E-state index contributed by atoms with van der Waals surface area (Å²) in [5.74, 6) is -2.30. The van der Waals surface area contributed by atoms with E-state index in [2.05, 4.69) is 5.10 Å². The standard InChI is InChI=1S/C29H30N2O10/c1-17(32)38-25-16-37-29(27(40-19(3)34)26(25)39-18(2)33)41-28(35)24-14-23(21-10-12-22(36-4)13-11-21)30-31(24)15-20-8-6-5-7-9-20/h5-14,25-27,29H,15-16H2,1-4H3/t25-,26+,27-,29+/m1/s1. The van der Waals surface area contributed by atoms with Crippen LogP contribution in [0.1, 0.15) is 36.8 Å². The van der Waals surface area contributed by atoms with E-state index >= 15 is 0 Å². The lowest BCUT2D eigenvalue weighted by Gasteiger charge is -2.39. The highest BCUT2D eigenvalue weighted by Crippen LogP contribution is 2.28. The van der Waals surface area contributed by atoms with Crippen LogP contribution >= 0.6 is 0 Å². The number of hydrogen-bond acceptors (Lipinski definition) is 11. The van der Waals surface area contributed by atoms with Crippen LogP contribution in [0.5, 0.6) is 5.75 Å². The summed E-state index contributed by atoms with van der Waals surface area (Å²) < 4.78 is 33.9. The molecule has 4 atom stereocenters. The molecule has 12 heteroatoms. The number of aromatic nitrogens is 2. The van der Waals surface area contributed by atoms with Crippen LogP contribution in [0, 0.1) is 0 Å². The molecule has 0 bridgehead atoms. The zero-order valence-corrected chi connectivity index (χ0v) is 23.0. The lowest BCUT2D eigenvalue weighted by atomic mass is 10.0. The zero-order valence-electron chi connectivity index (χ0n) is 23.0. The van der Waals surface area contributed by atoms with Gasteiger partial charge in [0.25, 0.3) is 0 Å². The summed E-state index contributed by atoms with van der Waals surface area (Å²) in [6.07, 6.45) is -5.27. The van der Waals surface area contributed by atoms with Crippen LogP contribution in [0.25, 0.3) is 11.3 Å². The van der Waals surface area contributed by atoms with Gasteiger partial charge in [0.1, 0.15) is 11.4 Å². The zero-order chi connectivity index (χ0) is 29.5. The summed E-state index contributed by atoms with van der Waals surface area (Å²) in [7, 11) is 1.56. The molecule has 3 aromatic rings. The second-order valence-electron chi connectivity index (χ2n) is 9.19. The number of nitrogens with zero attached hydrogens (tertiary/aromatic N) is 2. The summed E-state index contributed by atoms with van der Waals surface area (Å²) in [5.41, 5.74) is 2.22. The number of esters is 4. The Bertz CT molecular complexity index is 1390. The highest BCUT2D eigenvalue weighted by atomic mass is 16.7. The third-order valence-electron chi connectivity index (χ3n) is 6.08. The van der Waals surface area contributed by atoms with E-state index in [0.29, 0.717) is 11.4 Å². The van der Waals surface area contributed by atoms with Gasteiger partial charge in [-0.05, 0) is 35.9 Å². The molecule has 0 amide bonds. The second kappa shape index (κ2) is 13.1. The van der Waals surface area contributed by atoms with E-state index in [0.717, 1.165) is 25.0 Å². The SMILES string of the molecule is COc1ccc(-c2cc(C(=O)O[C@@H]3OC[C@@H](OC(C)=O)[C@H](OC(C)=O)[C@H]3OC(C)=O)n(Cc3ccccc3)n2)cc1. The Labute approximate surface area is 236 Å². The van der Waals surface area contributed by atoms with Gasteiger partial charge in [0.15, 0.2) is 12.2 Å². The van der Waals surface area contributed by atoms with E-state index in [-0.39, 0.29) is 18.8 Å². The lowest BCUT2D eigenvalue weighted by molar-refractivity contribution is -0.266. The highest BCUT2D eigenvalue weighted by molar-refractivity contribution is 5.89. The fourth-order valence-electron chi connectivity index (χ4n) is 4.34. The number of hydrogen-bond donors (Lipinski definition) is 0. The van der Waals surface area contributed by atoms with Crippen LogP contribution in [0.15, 0.2) is 60.7 Å². The van der Waals surface area contributed by atoms with Gasteiger partial charge in [-0.1, -0.05) is 30.3 Å². The molecule has 216 valence electrons. The van der Waals surface area contributed by atoms with Crippen molar-refractivity contribution >= 4 is 23.9 Å². The molecule has 41 heavy (non-hydrogen) atoms. The Morgan fingerprint density at radius 1 is 0.854 bits per heavy atom. The normalized spacial score (nSPS) is 20.0. The molecule has 4 rings (SSSR count). The molecule has 0 aliphatic carbocycles. The van der Waals surface area contributed by atoms with Gasteiger partial charge in [0.2, 0.25) is 12.4 Å². The Morgan fingerprint density at radius 3 is 2.10 bits per heavy atom. The topological polar surface area (TPSA) is 141 Å². The van der Waals surface area contributed by atoms with Crippen LogP contribution in [-0.2, 0) is 44.6 Å². The molecular weight excluding hydrogens is 536 g/mol. The van der Waals surface area contributed by atoms with Gasteiger partial charge in [0.05, 0.1) is 26.0 Å². The number of carbonyl (C=O) groups excluding carboxylic acids is 4. The van der Waals surface area contributed by atoms with E-state index in [1.54, 1.807) is 25.3 Å². The molecule has 0 saturated carbocycles. The third-order valence-corrected chi connectivity index (χ3v) is 6.08. The van der Waals surface area contributed by atoms with Crippen molar-refractivity contribution in [3.63, 3.8) is 0 Å². The molecule has 1 aliphatic heterocycles. The van der Waals surface area contributed by atoms with Crippen LogP contribution in [-0.4, -0.2) is 72.0 Å². The van der Waals surface area contributed by atoms with Gasteiger partial charge in [-0.15, -0.1) is 0 Å². The van der Waals surface area contributed by atoms with Gasteiger partial charge < -0.3 is 28.4 Å². The number of benzene rings is 2. The molecule has 2 heterocycles. The van der Waals surface area contributed by atoms with Crippen molar-refractivity contribution in [2.24, 2.45) is 0 Å². The summed E-state index contributed by atoms with van der Waals surface area (Å²) in [6, 6.07) is 18.1. The van der Waals surface area contributed by atoms with Crippen molar-refractivity contribution < 1.29 is 47.6 Å². The average molecular weight is 567 g/mol. The van der Waals surface area contributed by atoms with Gasteiger partial charge in [-0.2, -0.15) is 5.10 Å². The number of ether oxygens (including phenoxy) is 6. The van der Waals surface area contributed by atoms with Crippen molar-refractivity contribution in [2.75, 3.05) is 13.7 Å². The Hall–Kier alpha value is -4.71. The predicted molar refractivity (Wildman–Crippen MR) is 142 cm³/mol. The summed E-state index contributed by atoms with van der Waals surface area (Å²) in [4.78, 5) is 49.0. The van der Waals surface area contributed by atoms with Crippen molar-refractivity contribution in [3.8, 4) is 17.0 Å². The van der Waals surface area contributed by atoms with Gasteiger partial charge in [-0.25, -0.2) is 4.79 Å². The minimum absolute atomic E-state index is 0.0935. The quantitative estimate of drug-likeness (QED) is 0.279. The molecule has 0 N–H and O–H groups in total. The molecule has 1 saturated heterocycles. The fourth-order valence-corrected chi connectivity index (χ4v) is 4.34. The molecular formula is C29H30N2O10. The maximum atomic E-state index is 13.6. The largest absolute Gasteiger partial charge is 0.497 e. The van der Waals surface area contributed by atoms with E-state index in [1.165, 1.54) is 11.6 Å². The van der Waals surface area contributed by atoms with Crippen molar-refractivity contribution in [1.29, 1.82) is 0 Å². The molecule has 2 aromatic carbocycles. The maximum absolute atomic E-state index is 13.6. The van der Waals surface area contributed by atoms with Gasteiger partial charge in [-0.3, -0.25) is 19.1 Å². The van der Waals surface area contributed by atoms with E-state index in [1.807, 2.05) is 42.5 Å². The highest BCUT2D eigenvalue weighted by Gasteiger charge is 2.49. The average Bonchev–Trinajstić information content (AvgIpc) is 3.35. The van der Waals surface area contributed by atoms with Crippen LogP contribution < -0.4 is 4.74 Å². The Morgan fingerprint density at radius 2 is 1.49 bits per heavy atom. The number of rotatable bonds is 9. The van der Waals surface area contributed by atoms with Crippen LogP contribution in [0.2, 0.25) is 0 Å². The first-order valence-electron chi connectivity index (χ1n) is 12.7. The van der Waals surface area contributed by atoms with Crippen molar-refractivity contribution in [3.05, 3.63) is 71.9 Å². The first-order valence-corrected chi connectivity index (χ1v) is 12.7. The maximum Gasteiger partial charge on any atom is 0.359 e. The lowest BCUT2D eigenvalue weighted by Crippen LogP contribution is -2.58. The number of carbonyl (C=O) groups is 4. The molecule has 1 aliphatic rings. The predicted octanol–water partition coefficient (Wildman–Crippen LogP) is 2.92. The van der Waals surface area contributed by atoms with E-state index in [4.69, 9.17) is 28.4 Å². The third kappa shape index (κ3) is 7.48. The minimum atomic E-state index is -1.48. The minimum Gasteiger partial charge on any atom is -0.497 e.